The van der Waals surface area contributed by atoms with E-state index in [1.165, 1.54) is 0 Å². The number of aromatic nitrogens is 3. The van der Waals surface area contributed by atoms with Gasteiger partial charge in [-0.1, -0.05) is 0 Å². The second-order valence-corrected chi connectivity index (χ2v) is 6.10. The van der Waals surface area contributed by atoms with E-state index in [9.17, 15) is 9.59 Å². The van der Waals surface area contributed by atoms with Gasteiger partial charge in [-0.15, -0.1) is 5.10 Å². The van der Waals surface area contributed by atoms with E-state index in [2.05, 4.69) is 15.2 Å². The van der Waals surface area contributed by atoms with Crippen LogP contribution < -0.4 is 0 Å². The van der Waals surface area contributed by atoms with Crippen molar-refractivity contribution in [2.75, 3.05) is 13.2 Å². The molecule has 8 nitrogen and oxygen atoms in total. The zero-order valence-corrected chi connectivity index (χ0v) is 13.4. The Labute approximate surface area is 129 Å². The van der Waals surface area contributed by atoms with Crippen molar-refractivity contribution in [1.29, 1.82) is 0 Å². The topological polar surface area (TPSA) is 97.4 Å². The molecule has 8 heteroatoms. The summed E-state index contributed by atoms with van der Waals surface area (Å²) in [6.45, 7) is 8.04. The van der Waals surface area contributed by atoms with Gasteiger partial charge in [0.2, 0.25) is 0 Å². The zero-order valence-electron chi connectivity index (χ0n) is 13.4. The summed E-state index contributed by atoms with van der Waals surface area (Å²) in [6.07, 6.45) is 1.21. The number of carbonyl (C=O) groups is 2. The van der Waals surface area contributed by atoms with E-state index in [1.54, 1.807) is 11.8 Å². The van der Waals surface area contributed by atoms with E-state index in [0.717, 1.165) is 12.8 Å². The second kappa shape index (κ2) is 6.33. The Hall–Kier alpha value is -2.12. The fourth-order valence-electron chi connectivity index (χ4n) is 2.30. The molecule has 0 spiro atoms. The van der Waals surface area contributed by atoms with E-state index in [1.807, 2.05) is 20.8 Å². The monoisotopic (exact) mass is 310 g/mol. The molecule has 1 aromatic heterocycles. The molecule has 0 unspecified atom stereocenters. The molecular weight excluding hydrogens is 288 g/mol. The SMILES string of the molecule is CCOC(=O)c1n[nH]c([C@@H]2CCCN2C(=O)OC(C)(C)C)n1. The van der Waals surface area contributed by atoms with Crippen LogP contribution in [0.3, 0.4) is 0 Å². The molecule has 1 aliphatic heterocycles. The molecule has 0 saturated carbocycles. The molecule has 22 heavy (non-hydrogen) atoms. The van der Waals surface area contributed by atoms with Crippen molar-refractivity contribution in [3.05, 3.63) is 11.6 Å². The summed E-state index contributed by atoms with van der Waals surface area (Å²) >= 11 is 0. The van der Waals surface area contributed by atoms with E-state index < -0.39 is 11.6 Å². The maximum atomic E-state index is 12.2. The molecular formula is C14H22N4O4. The van der Waals surface area contributed by atoms with Crippen molar-refractivity contribution in [2.24, 2.45) is 0 Å². The first kappa shape index (κ1) is 16.3. The normalized spacial score (nSPS) is 18.4. The molecule has 1 aromatic rings. The van der Waals surface area contributed by atoms with Crippen LogP contribution in [0, 0.1) is 0 Å². The van der Waals surface area contributed by atoms with Crippen LogP contribution in [-0.4, -0.2) is 50.9 Å². The van der Waals surface area contributed by atoms with Gasteiger partial charge in [0.1, 0.15) is 11.4 Å². The number of nitrogens with one attached hydrogen (secondary N) is 1. The number of likely N-dealkylation sites (tertiary alicyclic amines) is 1. The van der Waals surface area contributed by atoms with Crippen LogP contribution in [0.1, 0.15) is 63.0 Å². The van der Waals surface area contributed by atoms with E-state index in [-0.39, 0.29) is 24.6 Å². The average molecular weight is 310 g/mol. The smallest absolute Gasteiger partial charge is 0.410 e. The van der Waals surface area contributed by atoms with Gasteiger partial charge in [0, 0.05) is 6.54 Å². The summed E-state index contributed by atoms with van der Waals surface area (Å²) in [5, 5.41) is 6.58. The first-order chi connectivity index (χ1) is 10.3. The van der Waals surface area contributed by atoms with Crippen molar-refractivity contribution in [3.63, 3.8) is 0 Å². The molecule has 122 valence electrons. The van der Waals surface area contributed by atoms with Gasteiger partial charge in [-0.3, -0.25) is 10.00 Å². The molecule has 1 aliphatic rings. The Bertz CT molecular complexity index is 549. The van der Waals surface area contributed by atoms with Crippen LogP contribution in [0.15, 0.2) is 0 Å². The number of nitrogens with zero attached hydrogens (tertiary/aromatic N) is 3. The fourth-order valence-corrected chi connectivity index (χ4v) is 2.30. The fraction of sp³-hybridized carbons (Fsp3) is 0.714. The third-order valence-corrected chi connectivity index (χ3v) is 3.16. The highest BCUT2D eigenvalue weighted by Gasteiger charge is 2.35. The predicted octanol–water partition coefficient (Wildman–Crippen LogP) is 2.05. The minimum absolute atomic E-state index is 0.0205. The van der Waals surface area contributed by atoms with Crippen LogP contribution in [0.25, 0.3) is 0 Å². The van der Waals surface area contributed by atoms with Crippen LogP contribution in [0.5, 0.6) is 0 Å². The van der Waals surface area contributed by atoms with Crippen LogP contribution in [0.2, 0.25) is 0 Å². The van der Waals surface area contributed by atoms with Crippen LogP contribution >= 0.6 is 0 Å². The molecule has 1 amide bonds. The number of carbonyl (C=O) groups excluding carboxylic acids is 2. The molecule has 0 bridgehead atoms. The summed E-state index contributed by atoms with van der Waals surface area (Å²) in [4.78, 5) is 29.6. The Morgan fingerprint density at radius 3 is 2.77 bits per heavy atom. The summed E-state index contributed by atoms with van der Waals surface area (Å²) < 4.78 is 10.3. The van der Waals surface area contributed by atoms with Crippen molar-refractivity contribution < 1.29 is 19.1 Å². The lowest BCUT2D eigenvalue weighted by atomic mass is 10.2. The Kier molecular flexibility index (Phi) is 4.68. The molecule has 2 heterocycles. The first-order valence-corrected chi connectivity index (χ1v) is 7.41. The predicted molar refractivity (Wildman–Crippen MR) is 77.3 cm³/mol. The molecule has 1 fully saturated rings. The highest BCUT2D eigenvalue weighted by molar-refractivity contribution is 5.85. The van der Waals surface area contributed by atoms with Gasteiger partial charge in [0.15, 0.2) is 0 Å². The summed E-state index contributed by atoms with van der Waals surface area (Å²) in [6, 6.07) is -0.259. The number of hydrogen-bond donors (Lipinski definition) is 1. The lowest BCUT2D eigenvalue weighted by molar-refractivity contribution is 0.0218. The van der Waals surface area contributed by atoms with Crippen molar-refractivity contribution >= 4 is 12.1 Å². The summed E-state index contributed by atoms with van der Waals surface area (Å²) in [7, 11) is 0. The molecule has 0 aliphatic carbocycles. The Morgan fingerprint density at radius 2 is 2.14 bits per heavy atom. The van der Waals surface area contributed by atoms with E-state index in [4.69, 9.17) is 9.47 Å². The number of hydrogen-bond acceptors (Lipinski definition) is 6. The van der Waals surface area contributed by atoms with Gasteiger partial charge >= 0.3 is 12.1 Å². The summed E-state index contributed by atoms with van der Waals surface area (Å²) in [5.74, 6) is -0.119. The molecule has 1 N–H and O–H groups in total. The molecule has 0 radical (unpaired) electrons. The number of amides is 1. The van der Waals surface area contributed by atoms with E-state index in [0.29, 0.717) is 12.4 Å². The summed E-state index contributed by atoms with van der Waals surface area (Å²) in [5.41, 5.74) is -0.554. The molecule has 1 saturated heterocycles. The second-order valence-electron chi connectivity index (χ2n) is 6.10. The standard InChI is InChI=1S/C14H22N4O4/c1-5-21-12(19)11-15-10(16-17-11)9-7-6-8-18(9)13(20)22-14(2,3)4/h9H,5-8H2,1-4H3,(H,15,16,17)/t9-/m0/s1. The van der Waals surface area contributed by atoms with Gasteiger partial charge in [-0.2, -0.15) is 0 Å². The van der Waals surface area contributed by atoms with Gasteiger partial charge in [-0.05, 0) is 40.5 Å². The Morgan fingerprint density at radius 1 is 1.41 bits per heavy atom. The third-order valence-electron chi connectivity index (χ3n) is 3.16. The van der Waals surface area contributed by atoms with Crippen LogP contribution in [0.4, 0.5) is 4.79 Å². The largest absolute Gasteiger partial charge is 0.460 e. The zero-order chi connectivity index (χ0) is 16.3. The number of rotatable bonds is 3. The quantitative estimate of drug-likeness (QED) is 0.858. The van der Waals surface area contributed by atoms with Gasteiger partial charge in [0.25, 0.3) is 5.82 Å². The first-order valence-electron chi connectivity index (χ1n) is 7.41. The maximum absolute atomic E-state index is 12.2. The molecule has 2 rings (SSSR count). The van der Waals surface area contributed by atoms with Gasteiger partial charge in [0.05, 0.1) is 12.6 Å². The van der Waals surface area contributed by atoms with Crippen molar-refractivity contribution in [1.82, 2.24) is 20.1 Å². The lowest BCUT2D eigenvalue weighted by Crippen LogP contribution is -2.36. The maximum Gasteiger partial charge on any atom is 0.410 e. The van der Waals surface area contributed by atoms with Gasteiger partial charge < -0.3 is 9.47 Å². The minimum Gasteiger partial charge on any atom is -0.460 e. The van der Waals surface area contributed by atoms with Crippen LogP contribution in [-0.2, 0) is 9.47 Å². The van der Waals surface area contributed by atoms with E-state index >= 15 is 0 Å². The molecule has 1 atom stereocenters. The van der Waals surface area contributed by atoms with Crippen molar-refractivity contribution in [3.8, 4) is 0 Å². The van der Waals surface area contributed by atoms with Crippen molar-refractivity contribution in [2.45, 2.75) is 52.2 Å². The highest BCUT2D eigenvalue weighted by Crippen LogP contribution is 2.31. The van der Waals surface area contributed by atoms with Gasteiger partial charge in [-0.25, -0.2) is 14.6 Å². The molecule has 0 aromatic carbocycles. The lowest BCUT2D eigenvalue weighted by Gasteiger charge is -2.27. The number of H-pyrrole nitrogens is 1. The third kappa shape index (κ3) is 3.75. The average Bonchev–Trinajstić information content (AvgIpc) is 3.06. The number of esters is 1. The Balaban J connectivity index is 2.10. The number of aromatic amines is 1. The highest BCUT2D eigenvalue weighted by atomic mass is 16.6. The minimum atomic E-state index is -0.577. The number of ether oxygens (including phenoxy) is 2.